The molecule has 3 nitrogen and oxygen atoms in total. The fraction of sp³-hybridized carbons (Fsp3) is 0.200. The van der Waals surface area contributed by atoms with Crippen molar-refractivity contribution in [2.24, 2.45) is 0 Å². The van der Waals surface area contributed by atoms with Gasteiger partial charge in [-0.3, -0.25) is 9.78 Å². The lowest BCUT2D eigenvalue weighted by Crippen LogP contribution is -2.25. The number of alkyl halides is 1. The van der Waals surface area contributed by atoms with Crippen molar-refractivity contribution in [2.45, 2.75) is 12.3 Å². The normalized spacial score (nSPS) is 10.2. The summed E-state index contributed by atoms with van der Waals surface area (Å²) in [5.41, 5.74) is 2.77. The molecule has 0 spiro atoms. The molecule has 2 aromatic rings. The summed E-state index contributed by atoms with van der Waals surface area (Å²) in [6.07, 6.45) is 4.32. The smallest absolute Gasteiger partial charge is 0.251 e. The molecule has 98 valence electrons. The van der Waals surface area contributed by atoms with E-state index >= 15 is 0 Å². The number of amides is 1. The Hall–Kier alpha value is -1.87. The Labute approximate surface area is 117 Å². The molecule has 1 aromatic carbocycles. The molecule has 0 atom stereocenters. The van der Waals surface area contributed by atoms with Crippen LogP contribution < -0.4 is 5.32 Å². The molecule has 0 unspecified atom stereocenters. The first-order valence-corrected chi connectivity index (χ1v) is 6.65. The van der Waals surface area contributed by atoms with Crippen LogP contribution in [0, 0.1) is 0 Å². The van der Waals surface area contributed by atoms with E-state index < -0.39 is 0 Å². The van der Waals surface area contributed by atoms with Gasteiger partial charge in [0, 0.05) is 30.4 Å². The second kappa shape index (κ2) is 6.90. The first-order chi connectivity index (χ1) is 9.29. The van der Waals surface area contributed by atoms with Crippen LogP contribution in [0.5, 0.6) is 0 Å². The quantitative estimate of drug-likeness (QED) is 0.852. The monoisotopic (exact) mass is 274 g/mol. The van der Waals surface area contributed by atoms with Crippen LogP contribution in [0.15, 0.2) is 48.8 Å². The largest absolute Gasteiger partial charge is 0.352 e. The average molecular weight is 275 g/mol. The summed E-state index contributed by atoms with van der Waals surface area (Å²) in [5, 5.41) is 2.89. The average Bonchev–Trinajstić information content (AvgIpc) is 2.48. The maximum atomic E-state index is 11.9. The fourth-order valence-corrected chi connectivity index (χ4v) is 1.89. The number of hydrogen-bond donors (Lipinski definition) is 1. The number of benzene rings is 1. The maximum absolute atomic E-state index is 11.9. The molecule has 1 N–H and O–H groups in total. The molecular formula is C15H15ClN2O. The molecule has 0 saturated heterocycles. The Kier molecular flexibility index (Phi) is 4.93. The first-order valence-electron chi connectivity index (χ1n) is 6.11. The predicted octanol–water partition coefficient (Wildman–Crippen LogP) is 2.79. The highest BCUT2D eigenvalue weighted by Crippen LogP contribution is 2.06. The summed E-state index contributed by atoms with van der Waals surface area (Å²) in [6.45, 7) is 0.599. The van der Waals surface area contributed by atoms with Crippen LogP contribution >= 0.6 is 11.6 Å². The lowest BCUT2D eigenvalue weighted by atomic mass is 10.1. The zero-order chi connectivity index (χ0) is 13.5. The molecular weight excluding hydrogens is 260 g/mol. The third-order valence-corrected chi connectivity index (χ3v) is 3.10. The van der Waals surface area contributed by atoms with Crippen LogP contribution in [0.25, 0.3) is 0 Å². The van der Waals surface area contributed by atoms with Crippen molar-refractivity contribution in [3.63, 3.8) is 0 Å². The van der Waals surface area contributed by atoms with Gasteiger partial charge in [-0.1, -0.05) is 18.2 Å². The van der Waals surface area contributed by atoms with Crippen molar-refractivity contribution in [3.8, 4) is 0 Å². The van der Waals surface area contributed by atoms with E-state index in [4.69, 9.17) is 11.6 Å². The van der Waals surface area contributed by atoms with Crippen LogP contribution in [0.3, 0.4) is 0 Å². The van der Waals surface area contributed by atoms with Crippen LogP contribution in [-0.4, -0.2) is 17.4 Å². The molecule has 19 heavy (non-hydrogen) atoms. The van der Waals surface area contributed by atoms with Crippen molar-refractivity contribution in [2.75, 3.05) is 6.54 Å². The number of halogens is 1. The van der Waals surface area contributed by atoms with Crippen molar-refractivity contribution >= 4 is 17.5 Å². The highest BCUT2D eigenvalue weighted by atomic mass is 35.5. The SMILES string of the molecule is O=C(NCCc1cccnc1)c1ccc(CCl)cc1. The highest BCUT2D eigenvalue weighted by Gasteiger charge is 2.04. The zero-order valence-electron chi connectivity index (χ0n) is 10.5. The molecule has 0 saturated carbocycles. The van der Waals surface area contributed by atoms with Crippen molar-refractivity contribution in [1.82, 2.24) is 10.3 Å². The molecule has 0 radical (unpaired) electrons. The van der Waals surface area contributed by atoms with Gasteiger partial charge in [0.25, 0.3) is 5.91 Å². The van der Waals surface area contributed by atoms with Gasteiger partial charge in [0.2, 0.25) is 0 Å². The van der Waals surface area contributed by atoms with Gasteiger partial charge in [-0.05, 0) is 35.7 Å². The summed E-state index contributed by atoms with van der Waals surface area (Å²) in [4.78, 5) is 15.9. The van der Waals surface area contributed by atoms with E-state index in [0.29, 0.717) is 18.0 Å². The van der Waals surface area contributed by atoms with Gasteiger partial charge in [0.1, 0.15) is 0 Å². The van der Waals surface area contributed by atoms with Crippen LogP contribution in [0.1, 0.15) is 21.5 Å². The van der Waals surface area contributed by atoms with Gasteiger partial charge in [0.05, 0.1) is 0 Å². The number of carbonyl (C=O) groups excluding carboxylic acids is 1. The first kappa shape index (κ1) is 13.6. The minimum absolute atomic E-state index is 0.0648. The van der Waals surface area contributed by atoms with Gasteiger partial charge >= 0.3 is 0 Å². The second-order valence-corrected chi connectivity index (χ2v) is 4.46. The number of nitrogens with zero attached hydrogens (tertiary/aromatic N) is 1. The van der Waals surface area contributed by atoms with Gasteiger partial charge in [0.15, 0.2) is 0 Å². The Morgan fingerprint density at radius 2 is 1.95 bits per heavy atom. The molecule has 1 heterocycles. The molecule has 0 bridgehead atoms. The number of hydrogen-bond acceptors (Lipinski definition) is 2. The molecule has 0 aliphatic heterocycles. The molecule has 0 fully saturated rings. The number of pyridine rings is 1. The van der Waals surface area contributed by atoms with Gasteiger partial charge in [-0.25, -0.2) is 0 Å². The third kappa shape index (κ3) is 4.07. The molecule has 1 aromatic heterocycles. The van der Waals surface area contributed by atoms with E-state index in [2.05, 4.69) is 10.3 Å². The topological polar surface area (TPSA) is 42.0 Å². The van der Waals surface area contributed by atoms with Crippen LogP contribution in [0.2, 0.25) is 0 Å². The van der Waals surface area contributed by atoms with E-state index in [1.54, 1.807) is 24.5 Å². The lowest BCUT2D eigenvalue weighted by Gasteiger charge is -2.05. The van der Waals surface area contributed by atoms with Crippen molar-refractivity contribution in [3.05, 3.63) is 65.5 Å². The summed E-state index contributed by atoms with van der Waals surface area (Å²) in [7, 11) is 0. The van der Waals surface area contributed by atoms with Crippen LogP contribution in [0.4, 0.5) is 0 Å². The van der Waals surface area contributed by atoms with Gasteiger partial charge in [-0.2, -0.15) is 0 Å². The van der Waals surface area contributed by atoms with Gasteiger partial charge in [-0.15, -0.1) is 11.6 Å². The van der Waals surface area contributed by atoms with E-state index in [-0.39, 0.29) is 5.91 Å². The lowest BCUT2D eigenvalue weighted by molar-refractivity contribution is 0.0954. The minimum atomic E-state index is -0.0648. The summed E-state index contributed by atoms with van der Waals surface area (Å²) >= 11 is 5.70. The Morgan fingerprint density at radius 3 is 2.58 bits per heavy atom. The van der Waals surface area contributed by atoms with E-state index in [1.165, 1.54) is 0 Å². The Morgan fingerprint density at radius 1 is 1.16 bits per heavy atom. The molecule has 4 heteroatoms. The standard InChI is InChI=1S/C15H15ClN2O/c16-10-12-3-5-14(6-4-12)15(19)18-9-7-13-2-1-8-17-11-13/h1-6,8,11H,7,9-10H2,(H,18,19). The van der Waals surface area contributed by atoms with E-state index in [0.717, 1.165) is 17.5 Å². The Bertz CT molecular complexity index is 526. The number of nitrogens with one attached hydrogen (secondary N) is 1. The van der Waals surface area contributed by atoms with Gasteiger partial charge < -0.3 is 5.32 Å². The van der Waals surface area contributed by atoms with Crippen molar-refractivity contribution < 1.29 is 4.79 Å². The van der Waals surface area contributed by atoms with E-state index in [9.17, 15) is 4.79 Å². The molecule has 1 amide bonds. The molecule has 2 rings (SSSR count). The number of aromatic nitrogens is 1. The number of rotatable bonds is 5. The van der Waals surface area contributed by atoms with Crippen LogP contribution in [-0.2, 0) is 12.3 Å². The summed E-state index contributed by atoms with van der Waals surface area (Å²) in [6, 6.07) is 11.2. The number of carbonyl (C=O) groups is 1. The predicted molar refractivity (Wildman–Crippen MR) is 76.3 cm³/mol. The minimum Gasteiger partial charge on any atom is -0.352 e. The van der Waals surface area contributed by atoms with E-state index in [1.807, 2.05) is 24.3 Å². The Balaban J connectivity index is 1.84. The van der Waals surface area contributed by atoms with Crippen molar-refractivity contribution in [1.29, 1.82) is 0 Å². The molecule has 0 aliphatic rings. The zero-order valence-corrected chi connectivity index (χ0v) is 11.2. The highest BCUT2D eigenvalue weighted by molar-refractivity contribution is 6.17. The second-order valence-electron chi connectivity index (χ2n) is 4.20. The summed E-state index contributed by atoms with van der Waals surface area (Å²) in [5.74, 6) is 0.396. The maximum Gasteiger partial charge on any atom is 0.251 e. The third-order valence-electron chi connectivity index (χ3n) is 2.79. The molecule has 0 aliphatic carbocycles. The summed E-state index contributed by atoms with van der Waals surface area (Å²) < 4.78 is 0. The fourth-order valence-electron chi connectivity index (χ4n) is 1.71.